The number of hydrogen-bond acceptors (Lipinski definition) is 18. The van der Waals surface area contributed by atoms with Gasteiger partial charge in [0.2, 0.25) is 21.8 Å². The van der Waals surface area contributed by atoms with Gasteiger partial charge in [-0.3, -0.25) is 14.9 Å². The normalized spacial score (nSPS) is 18.4. The molecule has 13 aliphatic rings. The van der Waals surface area contributed by atoms with Gasteiger partial charge in [0.1, 0.15) is 9.84 Å². The van der Waals surface area contributed by atoms with Gasteiger partial charge in [-0.15, -0.1) is 0 Å². The third-order valence-corrected chi connectivity index (χ3v) is 16.2. The molecule has 23 nitrogen and oxygen atoms in total. The van der Waals surface area contributed by atoms with E-state index in [4.69, 9.17) is 14.2 Å². The van der Waals surface area contributed by atoms with Gasteiger partial charge in [-0.1, -0.05) is 186 Å². The van der Waals surface area contributed by atoms with Crippen molar-refractivity contribution in [1.29, 1.82) is 0 Å². The molecule has 13 saturated heterocycles. The molecule has 0 radical (unpaired) electrons. The number of amides is 6. The highest BCUT2D eigenvalue weighted by Gasteiger charge is 2.17. The van der Waals surface area contributed by atoms with Crippen LogP contribution in [0.1, 0.15) is 296 Å². The third kappa shape index (κ3) is 137. The van der Waals surface area contributed by atoms with Crippen LogP contribution in [0, 0.1) is 0 Å². The Labute approximate surface area is 640 Å². The molecule has 0 aliphatic carbocycles. The van der Waals surface area contributed by atoms with Crippen molar-refractivity contribution < 1.29 is 50.2 Å². The molecule has 0 atom stereocenters. The van der Waals surface area contributed by atoms with E-state index in [1.807, 2.05) is 185 Å². The fourth-order valence-corrected chi connectivity index (χ4v) is 10.7. The van der Waals surface area contributed by atoms with Crippen molar-refractivity contribution in [2.75, 3.05) is 180 Å². The van der Waals surface area contributed by atoms with Gasteiger partial charge in [0, 0.05) is 98.3 Å². The second-order valence-electron chi connectivity index (χ2n) is 18.8. The molecule has 0 aromatic heterocycles. The number of carbonyl (C=O) groups excluding carboxylic acids is 4. The molecular weight excluding hydrogens is 1350 g/mol. The number of nitrogens with one attached hydrogen (secondary N) is 12. The predicted octanol–water partition coefficient (Wildman–Crippen LogP) is 14.3. The number of carbonyl (C=O) groups is 4. The van der Waals surface area contributed by atoms with Gasteiger partial charge in [-0.2, -0.15) is 11.8 Å². The number of urea groups is 2. The van der Waals surface area contributed by atoms with Gasteiger partial charge in [-0.25, -0.2) is 31.1 Å². The SMILES string of the molecule is C1CCNC1.C1CCNCC1.C1CCOC1.C1CCOCC1.C1CCSC1.C1CNC1.C1CNCCN1.C1COCCN1.CC.CC.CC.CC.CC.CC.CC.CC.CC.CC.CC.CC.CC.O=C1CCCN1.O=C1CNC(=O)N1.O=C1NCCN1.O=S1(=O)CCCC1.O=S1(=O)CCCN1. The van der Waals surface area contributed by atoms with Crippen LogP contribution in [-0.2, 0) is 43.7 Å². The molecule has 6 amide bonds. The lowest BCUT2D eigenvalue weighted by Crippen LogP contribution is -2.39. The third-order valence-electron chi connectivity index (χ3n) is 11.7. The summed E-state index contributed by atoms with van der Waals surface area (Å²) in [5.41, 5.74) is 0. The van der Waals surface area contributed by atoms with Crippen LogP contribution in [0.25, 0.3) is 0 Å². The Morgan fingerprint density at radius 2 is 0.608 bits per heavy atom. The number of imide groups is 1. The van der Waals surface area contributed by atoms with Crippen molar-refractivity contribution in [3.8, 4) is 0 Å². The van der Waals surface area contributed by atoms with Crippen molar-refractivity contribution in [2.45, 2.75) is 296 Å². The highest BCUT2D eigenvalue weighted by molar-refractivity contribution is 7.99. The van der Waals surface area contributed by atoms with Gasteiger partial charge in [0.05, 0.1) is 37.0 Å². The van der Waals surface area contributed by atoms with Gasteiger partial charge in [0.25, 0.3) is 0 Å². The zero-order chi connectivity index (χ0) is 81.2. The number of sulfone groups is 1. The first-order chi connectivity index (χ1) is 50.0. The van der Waals surface area contributed by atoms with Crippen LogP contribution < -0.4 is 63.2 Å². The van der Waals surface area contributed by atoms with E-state index < -0.39 is 25.9 Å². The second kappa shape index (κ2) is 134. The van der Waals surface area contributed by atoms with Crippen molar-refractivity contribution in [3.05, 3.63) is 0 Å². The Morgan fingerprint density at radius 3 is 0.725 bits per heavy atom. The monoisotopic (exact) mass is 1540 g/mol. The average Bonchev–Trinajstić information content (AvgIpc) is 1.84. The van der Waals surface area contributed by atoms with Gasteiger partial charge >= 0.3 is 12.1 Å². The second-order valence-corrected chi connectivity index (χ2v) is 24.3. The van der Waals surface area contributed by atoms with Crippen molar-refractivity contribution in [2.24, 2.45) is 0 Å². The highest BCUT2D eigenvalue weighted by atomic mass is 32.2. The first-order valence-corrected chi connectivity index (χ1v) is 46.2. The molecule has 102 heavy (non-hydrogen) atoms. The van der Waals surface area contributed by atoms with E-state index in [0.29, 0.717) is 23.8 Å². The fourth-order valence-electron chi connectivity index (χ4n) is 7.09. The van der Waals surface area contributed by atoms with Crippen LogP contribution in [0.3, 0.4) is 0 Å². The largest absolute Gasteiger partial charge is 0.381 e. The minimum absolute atomic E-state index is 0.0463. The number of rotatable bonds is 0. The van der Waals surface area contributed by atoms with E-state index >= 15 is 0 Å². The molecule has 0 aromatic carbocycles. The summed E-state index contributed by atoms with van der Waals surface area (Å²) in [7, 11) is -5.34. The number of sulfonamides is 1. The number of piperazine rings is 1. The summed E-state index contributed by atoms with van der Waals surface area (Å²) in [6.07, 6.45) is 22.1. The fraction of sp³-hybridized carbons (Fsp3) is 0.947. The van der Waals surface area contributed by atoms with Crippen molar-refractivity contribution in [3.63, 3.8) is 0 Å². The number of thioether (sulfide) groups is 1. The van der Waals surface area contributed by atoms with Crippen molar-refractivity contribution >= 4 is 55.5 Å². The van der Waals surface area contributed by atoms with E-state index in [-0.39, 0.29) is 24.4 Å². The number of piperidine rings is 1. The van der Waals surface area contributed by atoms with Crippen LogP contribution in [-0.4, -0.2) is 220 Å². The zero-order valence-electron chi connectivity index (χ0n) is 72.2. The van der Waals surface area contributed by atoms with E-state index in [0.717, 1.165) is 131 Å². The van der Waals surface area contributed by atoms with Crippen molar-refractivity contribution in [1.82, 2.24) is 63.2 Å². The molecule has 0 saturated carbocycles. The van der Waals surface area contributed by atoms with Crippen LogP contribution >= 0.6 is 11.8 Å². The Bertz CT molecular complexity index is 1350. The maximum Gasteiger partial charge on any atom is 0.321 e. The summed E-state index contributed by atoms with van der Waals surface area (Å²) < 4.78 is 58.9. The average molecular weight is 1540 g/mol. The predicted molar refractivity (Wildman–Crippen MR) is 454 cm³/mol. The lowest BCUT2D eigenvalue weighted by atomic mass is 10.2. The Hall–Kier alpha value is -2.47. The molecule has 13 rings (SSSR count). The first-order valence-electron chi connectivity index (χ1n) is 41.6. The molecule has 0 spiro atoms. The lowest BCUT2D eigenvalue weighted by molar-refractivity contribution is -0.119. The summed E-state index contributed by atoms with van der Waals surface area (Å²) in [6.45, 7) is 75.1. The molecule has 630 valence electrons. The zero-order valence-corrected chi connectivity index (χ0v) is 74.7. The summed E-state index contributed by atoms with van der Waals surface area (Å²) >= 11 is 2.07. The first kappa shape index (κ1) is 129. The molecular formula is C76H182N12O11S3. The van der Waals surface area contributed by atoms with Crippen LogP contribution in [0.15, 0.2) is 0 Å². The van der Waals surface area contributed by atoms with Gasteiger partial charge in [-0.05, 0) is 154 Å². The molecule has 0 unspecified atom stereocenters. The number of morpholine rings is 1. The Morgan fingerprint density at radius 1 is 0.275 bits per heavy atom. The minimum atomic E-state index is -2.80. The minimum Gasteiger partial charge on any atom is -0.381 e. The molecule has 12 N–H and O–H groups in total. The molecule has 13 aliphatic heterocycles. The number of ether oxygens (including phenoxy) is 3. The van der Waals surface area contributed by atoms with E-state index in [9.17, 15) is 36.0 Å². The Balaban J connectivity index is -0.0000000746. The summed E-state index contributed by atoms with van der Waals surface area (Å²) in [5, 5.41) is 31.3. The Kier molecular flexibility index (Phi) is 170. The summed E-state index contributed by atoms with van der Waals surface area (Å²) in [5.74, 6) is 3.94. The van der Waals surface area contributed by atoms with Crippen LogP contribution in [0.4, 0.5) is 9.59 Å². The maximum absolute atomic E-state index is 10.4. The maximum atomic E-state index is 10.4. The standard InChI is InChI=1S/C5H11N.C5H10O.C4H10N2.C4H9NO.C4H7NO.C4H9N.C4H8O2S.C4H8O.C4H8S.C3H4N2O2.C3H6N2O.C3H7NO2S.C3H7N.13C2H6/c2*1-2-4-6-5-3-1;1-2-6-4-3-5-1;1-3-6-4-2-5-1;6-4-2-1-3-5-4;1-2-4-5-3-1;5-7(6)3-1-2-4-7;2*1-2-4-5-3-1;6-2-1-4-3(7)5-2;6-3-4-1-2-5-3;5-7(6)3-1-2-4-7;1-2-4-3-1;13*1-2/h6H,1-5H2;1-5H2;5-6H,1-4H2;5H,1-4H2;1-3H2,(H,5,6);5H,1-4H2;1-4H2;2*1-4H2;1H2,(H2,4,5,6,7);1-2H2,(H2,4,5,6);4H,1-3H2;4H,1-3H2;13*1-2H3. The topological polar surface area (TPSA) is 309 Å². The van der Waals surface area contributed by atoms with Gasteiger partial charge < -0.3 is 67.4 Å². The van der Waals surface area contributed by atoms with Crippen LogP contribution in [0.2, 0.25) is 0 Å². The van der Waals surface area contributed by atoms with E-state index in [2.05, 4.69) is 69.7 Å². The number of hydrogen-bond donors (Lipinski definition) is 12. The summed E-state index contributed by atoms with van der Waals surface area (Å²) in [4.78, 5) is 40.2. The van der Waals surface area contributed by atoms with E-state index in [1.54, 1.807) is 0 Å². The van der Waals surface area contributed by atoms with E-state index in [1.165, 1.54) is 134 Å². The molecule has 13 heterocycles. The molecule has 13 fully saturated rings. The van der Waals surface area contributed by atoms with Gasteiger partial charge in [0.15, 0.2) is 0 Å². The summed E-state index contributed by atoms with van der Waals surface area (Å²) in [6, 6.07) is -0.444. The molecule has 0 bridgehead atoms. The molecule has 26 heteroatoms. The molecule has 0 aromatic rings. The highest BCUT2D eigenvalue weighted by Crippen LogP contribution is 2.15. The smallest absolute Gasteiger partial charge is 0.321 e. The quantitative estimate of drug-likeness (QED) is 0.100. The lowest BCUT2D eigenvalue weighted by Gasteiger charge is -2.11. The van der Waals surface area contributed by atoms with Crippen LogP contribution in [0.5, 0.6) is 0 Å².